The van der Waals surface area contributed by atoms with Gasteiger partial charge in [0.2, 0.25) is 17.6 Å². The molecule has 3 amide bonds. The van der Waals surface area contributed by atoms with Gasteiger partial charge in [-0.2, -0.15) is 0 Å². The molecule has 8 atom stereocenters. The number of carbonyl (C=O) groups excluding carboxylic acids is 8. The van der Waals surface area contributed by atoms with E-state index in [1.165, 1.54) is 32.4 Å². The quantitative estimate of drug-likeness (QED) is 0.0555. The standard InChI is InChI=1S/C46H57N5O17/c1-22-42-28(51-14-15-65-44(64-3)43(51)68-42)16-33(66-22)67-30-18-46(62,17-27-35(30)41(60)37-36(39(27)58)38(57)26-7-4-8-29(63-2)34(26)40(37)59)45(61)48-13-5-6-24(53)20-49-32(56)12-10-25(54)21-50-31(55)11-9-23(52)19-47/h4,7-8,22,28,30,33,42-44,58,60,62H,5-6,9-21,47H2,1-3H3,(H,48,61)(H,49,56)(H,50,55)/t22-,28-,30-,33-,42+,43+,44-,46-/m0/s1. The number of phenolic OH excluding ortho intramolecular Hbond substituents is 2. The van der Waals surface area contributed by atoms with Gasteiger partial charge in [0.25, 0.3) is 5.91 Å². The number of amides is 3. The number of methoxy groups -OCH3 is 2. The minimum absolute atomic E-state index is 0.0464. The molecule has 0 bridgehead atoms. The number of nitrogens with one attached hydrogen (secondary N) is 3. The van der Waals surface area contributed by atoms with Gasteiger partial charge in [-0.05, 0) is 19.4 Å². The van der Waals surface area contributed by atoms with E-state index in [0.717, 1.165) is 0 Å². The van der Waals surface area contributed by atoms with E-state index in [1.807, 2.05) is 0 Å². The third-order valence-corrected chi connectivity index (χ3v) is 13.0. The third kappa shape index (κ3) is 10.3. The van der Waals surface area contributed by atoms with Crippen molar-refractivity contribution >= 4 is 46.6 Å². The monoisotopic (exact) mass is 951 g/mol. The SMILES string of the molecule is COc1cccc2c1C(=O)c1c(O)c3c(c(O)c1C2=O)C[C@@](O)(C(=O)NCCCC(=O)CNC(=O)CCC(=O)CNC(=O)CCC(=O)CN)C[C@@H]3O[C@H]1C[C@H]2[C@H](O[C@@H]3[C@@H](OC)OCCN32)[C@H](C)O1. The molecule has 0 spiro atoms. The highest BCUT2D eigenvalue weighted by molar-refractivity contribution is 6.31. The number of Topliss-reactive ketones (excluding diaryl/α,β-unsaturated/α-hetero) is 3. The van der Waals surface area contributed by atoms with Crippen molar-refractivity contribution in [1.82, 2.24) is 20.9 Å². The first-order valence-corrected chi connectivity index (χ1v) is 22.5. The van der Waals surface area contributed by atoms with Crippen molar-refractivity contribution in [3.05, 3.63) is 51.6 Å². The van der Waals surface area contributed by atoms with Gasteiger partial charge in [-0.15, -0.1) is 0 Å². The van der Waals surface area contributed by atoms with Crippen molar-refractivity contribution in [2.24, 2.45) is 5.73 Å². The number of ketones is 5. The molecule has 2 aromatic carbocycles. The maximum absolute atomic E-state index is 14.2. The lowest BCUT2D eigenvalue weighted by Gasteiger charge is -2.43. The van der Waals surface area contributed by atoms with Gasteiger partial charge < -0.3 is 65.4 Å². The van der Waals surface area contributed by atoms with Crippen LogP contribution >= 0.6 is 0 Å². The summed E-state index contributed by atoms with van der Waals surface area (Å²) >= 11 is 0. The Bertz CT molecular complexity index is 2360. The molecule has 3 heterocycles. The summed E-state index contributed by atoms with van der Waals surface area (Å²) in [5, 5.41) is 43.6. The molecule has 3 fully saturated rings. The number of hydrogen-bond acceptors (Lipinski definition) is 19. The normalized spacial score (nSPS) is 26.0. The summed E-state index contributed by atoms with van der Waals surface area (Å²) in [4.78, 5) is 104. The maximum atomic E-state index is 14.2. The number of benzene rings is 2. The number of aliphatic hydroxyl groups is 1. The van der Waals surface area contributed by atoms with Crippen LogP contribution in [0.25, 0.3) is 0 Å². The number of phenols is 2. The summed E-state index contributed by atoms with van der Waals surface area (Å²) < 4.78 is 35.8. The minimum Gasteiger partial charge on any atom is -0.507 e. The second kappa shape index (κ2) is 21.3. The Kier molecular flexibility index (Phi) is 15.7. The van der Waals surface area contributed by atoms with Crippen molar-refractivity contribution in [2.75, 3.05) is 53.6 Å². The first-order chi connectivity index (χ1) is 32.5. The fourth-order valence-electron chi connectivity index (χ4n) is 9.51. The highest BCUT2D eigenvalue weighted by atomic mass is 16.7. The fourth-order valence-corrected chi connectivity index (χ4v) is 9.51. The molecule has 2 aromatic rings. The van der Waals surface area contributed by atoms with Gasteiger partial charge in [-0.1, -0.05) is 12.1 Å². The lowest BCUT2D eigenvalue weighted by Crippen LogP contribution is -2.55. The molecule has 3 aliphatic heterocycles. The summed E-state index contributed by atoms with van der Waals surface area (Å²) in [6.07, 6.45) is -6.01. The lowest BCUT2D eigenvalue weighted by molar-refractivity contribution is -0.256. The van der Waals surface area contributed by atoms with E-state index in [4.69, 9.17) is 34.2 Å². The zero-order valence-corrected chi connectivity index (χ0v) is 38.0. The van der Waals surface area contributed by atoms with Crippen LogP contribution in [0.15, 0.2) is 18.2 Å². The predicted molar refractivity (Wildman–Crippen MR) is 232 cm³/mol. The third-order valence-electron chi connectivity index (χ3n) is 13.0. The van der Waals surface area contributed by atoms with Gasteiger partial charge in [0, 0.05) is 94.3 Å². The van der Waals surface area contributed by atoms with E-state index in [9.17, 15) is 53.7 Å². The topological polar surface area (TPSA) is 318 Å². The average molecular weight is 952 g/mol. The molecule has 22 nitrogen and oxygen atoms in total. The molecule has 2 aliphatic carbocycles. The summed E-state index contributed by atoms with van der Waals surface area (Å²) in [6.45, 7) is 1.73. The van der Waals surface area contributed by atoms with E-state index >= 15 is 0 Å². The smallest absolute Gasteiger partial charge is 0.252 e. The van der Waals surface area contributed by atoms with Crippen molar-refractivity contribution < 1.29 is 82.1 Å². The zero-order chi connectivity index (χ0) is 49.0. The highest BCUT2D eigenvalue weighted by Crippen LogP contribution is 2.53. The minimum atomic E-state index is -2.33. The molecule has 0 aromatic heterocycles. The Morgan fingerprint density at radius 2 is 1.54 bits per heavy atom. The lowest BCUT2D eigenvalue weighted by atomic mass is 9.72. The van der Waals surface area contributed by atoms with Gasteiger partial charge in [-0.25, -0.2) is 0 Å². The van der Waals surface area contributed by atoms with Crippen LogP contribution in [0.3, 0.4) is 0 Å². The number of morpholine rings is 1. The number of hydrogen-bond donors (Lipinski definition) is 7. The average Bonchev–Trinajstić information content (AvgIpc) is 3.71. The summed E-state index contributed by atoms with van der Waals surface area (Å²) in [5.41, 5.74) is 1.38. The van der Waals surface area contributed by atoms with E-state index in [0.29, 0.717) is 13.2 Å². The van der Waals surface area contributed by atoms with Crippen LogP contribution in [0.1, 0.15) is 107 Å². The van der Waals surface area contributed by atoms with Gasteiger partial charge >= 0.3 is 0 Å². The number of nitrogens with zero attached hydrogens (tertiary/aromatic N) is 1. The van der Waals surface area contributed by atoms with Crippen LogP contribution in [0.5, 0.6) is 17.2 Å². The molecule has 0 radical (unpaired) electrons. The second-order valence-corrected chi connectivity index (χ2v) is 17.4. The molecule has 3 saturated heterocycles. The van der Waals surface area contributed by atoms with Crippen LogP contribution in [0.2, 0.25) is 0 Å². The predicted octanol–water partition coefficient (Wildman–Crippen LogP) is -0.495. The van der Waals surface area contributed by atoms with Gasteiger partial charge in [0.1, 0.15) is 34.7 Å². The Hall–Kier alpha value is -5.72. The highest BCUT2D eigenvalue weighted by Gasteiger charge is 2.55. The molecule has 0 unspecified atom stereocenters. The van der Waals surface area contributed by atoms with E-state index in [1.54, 1.807) is 6.92 Å². The molecular formula is C46H57N5O17. The van der Waals surface area contributed by atoms with Crippen LogP contribution in [-0.2, 0) is 58.9 Å². The van der Waals surface area contributed by atoms with Crippen LogP contribution < -0.4 is 26.4 Å². The van der Waals surface area contributed by atoms with Crippen molar-refractivity contribution in [2.45, 2.75) is 113 Å². The van der Waals surface area contributed by atoms with Gasteiger partial charge in [0.05, 0.1) is 62.2 Å². The number of fused-ring (bicyclic) bond motifs is 6. The van der Waals surface area contributed by atoms with Crippen LogP contribution in [0, 0.1) is 0 Å². The van der Waals surface area contributed by atoms with E-state index < -0.39 is 119 Å². The Balaban J connectivity index is 1.02. The van der Waals surface area contributed by atoms with Crippen LogP contribution in [0.4, 0.5) is 0 Å². The van der Waals surface area contributed by atoms with Crippen LogP contribution in [-0.4, -0.2) is 163 Å². The molecule has 368 valence electrons. The Morgan fingerprint density at radius 3 is 2.22 bits per heavy atom. The fraction of sp³-hybridized carbons (Fsp3) is 0.565. The first kappa shape index (κ1) is 50.2. The second-order valence-electron chi connectivity index (χ2n) is 17.4. The zero-order valence-electron chi connectivity index (χ0n) is 38.0. The van der Waals surface area contributed by atoms with Crippen molar-refractivity contribution in [1.29, 1.82) is 0 Å². The molecule has 0 saturated carbocycles. The molecule has 68 heavy (non-hydrogen) atoms. The summed E-state index contributed by atoms with van der Waals surface area (Å²) in [5.74, 6) is -6.01. The Labute approximate surface area is 390 Å². The Morgan fingerprint density at radius 1 is 0.868 bits per heavy atom. The largest absolute Gasteiger partial charge is 0.507 e. The summed E-state index contributed by atoms with van der Waals surface area (Å²) in [6, 6.07) is 4.12. The molecule has 5 aliphatic rings. The number of carbonyl (C=O) groups is 8. The molecular weight excluding hydrogens is 895 g/mol. The van der Waals surface area contributed by atoms with Gasteiger partial charge in [-0.3, -0.25) is 43.3 Å². The van der Waals surface area contributed by atoms with Crippen molar-refractivity contribution in [3.63, 3.8) is 0 Å². The maximum Gasteiger partial charge on any atom is 0.252 e. The number of rotatable bonds is 20. The molecule has 7 rings (SSSR count). The number of aromatic hydroxyl groups is 2. The first-order valence-electron chi connectivity index (χ1n) is 22.5. The number of nitrogens with two attached hydrogens (primary N) is 1. The van der Waals surface area contributed by atoms with E-state index in [2.05, 4.69) is 20.9 Å². The molecule has 22 heteroatoms. The number of ether oxygens (including phenoxy) is 6. The summed E-state index contributed by atoms with van der Waals surface area (Å²) in [7, 11) is 2.84. The molecule has 8 N–H and O–H groups in total. The van der Waals surface area contributed by atoms with Gasteiger partial charge in [0.15, 0.2) is 36.2 Å². The van der Waals surface area contributed by atoms with E-state index in [-0.39, 0.29) is 111 Å². The van der Waals surface area contributed by atoms with Crippen molar-refractivity contribution in [3.8, 4) is 17.2 Å².